The van der Waals surface area contributed by atoms with Crippen LogP contribution in [0.25, 0.3) is 0 Å². The summed E-state index contributed by atoms with van der Waals surface area (Å²) in [7, 11) is -0.629. The van der Waals surface area contributed by atoms with E-state index in [4.69, 9.17) is 9.47 Å². The van der Waals surface area contributed by atoms with Crippen molar-refractivity contribution in [1.29, 1.82) is 0 Å². The van der Waals surface area contributed by atoms with Crippen molar-refractivity contribution < 1.29 is 17.9 Å². The van der Waals surface area contributed by atoms with Crippen LogP contribution in [0.5, 0.6) is 11.5 Å². The van der Waals surface area contributed by atoms with Crippen LogP contribution >= 0.6 is 0 Å². The fourth-order valence-corrected chi connectivity index (χ4v) is 6.34. The summed E-state index contributed by atoms with van der Waals surface area (Å²) in [6.45, 7) is 4.97. The molecule has 7 nitrogen and oxygen atoms in total. The molecule has 2 atom stereocenters. The fraction of sp³-hybridized carbons (Fsp3) is 0.500. The lowest BCUT2D eigenvalue weighted by Crippen LogP contribution is -2.31. The van der Waals surface area contributed by atoms with Gasteiger partial charge in [0.05, 0.1) is 14.2 Å². The minimum atomic E-state index is -3.65. The molecule has 0 spiro atoms. The number of sulfonamides is 1. The van der Waals surface area contributed by atoms with Gasteiger partial charge in [-0.25, -0.2) is 8.42 Å². The lowest BCUT2D eigenvalue weighted by molar-refractivity contribution is 0.387. The van der Waals surface area contributed by atoms with E-state index >= 15 is 0 Å². The molecule has 0 N–H and O–H groups in total. The van der Waals surface area contributed by atoms with E-state index in [1.165, 1.54) is 19.9 Å². The van der Waals surface area contributed by atoms with Crippen molar-refractivity contribution in [2.24, 2.45) is 11.8 Å². The minimum Gasteiger partial charge on any atom is -0.497 e. The van der Waals surface area contributed by atoms with Crippen molar-refractivity contribution in [1.82, 2.24) is 9.29 Å². The van der Waals surface area contributed by atoms with Crippen molar-refractivity contribution in [2.75, 3.05) is 45.3 Å². The van der Waals surface area contributed by atoms with Gasteiger partial charge in [-0.15, -0.1) is 0 Å². The van der Waals surface area contributed by atoms with E-state index in [0.717, 1.165) is 31.6 Å². The van der Waals surface area contributed by atoms with Crippen molar-refractivity contribution in [3.63, 3.8) is 0 Å². The molecule has 4 rings (SSSR count). The summed E-state index contributed by atoms with van der Waals surface area (Å²) >= 11 is 0. The van der Waals surface area contributed by atoms with Crippen LogP contribution < -0.4 is 14.4 Å². The normalized spacial score (nSPS) is 22.4. The van der Waals surface area contributed by atoms with E-state index in [-0.39, 0.29) is 4.90 Å². The van der Waals surface area contributed by atoms with Crippen molar-refractivity contribution in [3.05, 3.63) is 42.2 Å². The number of aromatic nitrogens is 1. The Morgan fingerprint density at radius 1 is 1.00 bits per heavy atom. The molecule has 8 heteroatoms. The highest BCUT2D eigenvalue weighted by Crippen LogP contribution is 2.38. The van der Waals surface area contributed by atoms with Gasteiger partial charge in [-0.2, -0.15) is 4.31 Å². The van der Waals surface area contributed by atoms with Gasteiger partial charge in [0.25, 0.3) is 0 Å². The van der Waals surface area contributed by atoms with Crippen LogP contribution in [-0.2, 0) is 10.0 Å². The highest BCUT2D eigenvalue weighted by Gasteiger charge is 2.41. The monoisotopic (exact) mass is 431 g/mol. The van der Waals surface area contributed by atoms with Gasteiger partial charge in [0, 0.05) is 49.8 Å². The third kappa shape index (κ3) is 3.98. The summed E-state index contributed by atoms with van der Waals surface area (Å²) in [6.07, 6.45) is 3.81. The number of anilines is 1. The molecule has 0 amide bonds. The van der Waals surface area contributed by atoms with E-state index < -0.39 is 10.0 Å². The zero-order valence-electron chi connectivity index (χ0n) is 17.7. The van der Waals surface area contributed by atoms with Gasteiger partial charge >= 0.3 is 0 Å². The first-order chi connectivity index (χ1) is 14.4. The van der Waals surface area contributed by atoms with Gasteiger partial charge in [0.1, 0.15) is 16.4 Å². The Bertz CT molecular complexity index is 995. The van der Waals surface area contributed by atoms with E-state index in [9.17, 15) is 8.42 Å². The predicted molar refractivity (Wildman–Crippen MR) is 116 cm³/mol. The minimum absolute atomic E-state index is 0.176. The molecule has 0 radical (unpaired) electrons. The molecule has 1 aromatic carbocycles. The number of methoxy groups -OCH3 is 2. The second-order valence-electron chi connectivity index (χ2n) is 8.08. The number of hydrogen-bond donors (Lipinski definition) is 0. The average Bonchev–Trinajstić information content (AvgIpc) is 3.07. The maximum Gasteiger partial charge on any atom is 0.246 e. The Morgan fingerprint density at radius 3 is 2.30 bits per heavy atom. The van der Waals surface area contributed by atoms with E-state index in [0.29, 0.717) is 36.4 Å². The molecule has 2 saturated heterocycles. The number of benzene rings is 1. The first-order valence-corrected chi connectivity index (χ1v) is 11.8. The Labute approximate surface area is 178 Å². The summed E-state index contributed by atoms with van der Waals surface area (Å²) in [5, 5.41) is 0. The molecule has 1 aromatic heterocycles. The zero-order chi connectivity index (χ0) is 21.3. The van der Waals surface area contributed by atoms with Gasteiger partial charge in [0.2, 0.25) is 10.0 Å². The third-order valence-corrected chi connectivity index (χ3v) is 8.17. The van der Waals surface area contributed by atoms with Crippen LogP contribution in [0.3, 0.4) is 0 Å². The van der Waals surface area contributed by atoms with Crippen molar-refractivity contribution in [3.8, 4) is 11.5 Å². The van der Waals surface area contributed by atoms with Crippen LogP contribution in [-0.4, -0.2) is 58.1 Å². The number of pyridine rings is 1. The molecule has 0 saturated carbocycles. The maximum absolute atomic E-state index is 13.4. The summed E-state index contributed by atoms with van der Waals surface area (Å²) in [6, 6.07) is 9.08. The Morgan fingerprint density at radius 2 is 1.70 bits per heavy atom. The number of aryl methyl sites for hydroxylation is 1. The molecule has 2 aliphatic heterocycles. The quantitative estimate of drug-likeness (QED) is 0.725. The molecule has 30 heavy (non-hydrogen) atoms. The highest BCUT2D eigenvalue weighted by molar-refractivity contribution is 7.89. The molecule has 0 aliphatic carbocycles. The Hall–Kier alpha value is -2.32. The largest absolute Gasteiger partial charge is 0.497 e. The summed E-state index contributed by atoms with van der Waals surface area (Å²) in [4.78, 5) is 6.86. The standard InChI is InChI=1S/C22H29N3O4S/c1-16-12-19(6-9-23-16)24-10-7-17-14-25(15-18(17)8-11-24)30(26,27)22-13-20(28-2)4-5-21(22)29-3/h4-6,9,12-13,17-18H,7-8,10-11,14-15H2,1-3H3/t17-,18+. The van der Waals surface area contributed by atoms with Gasteiger partial charge in [-0.3, -0.25) is 4.98 Å². The smallest absolute Gasteiger partial charge is 0.246 e. The van der Waals surface area contributed by atoms with Crippen LogP contribution in [0.15, 0.2) is 41.4 Å². The summed E-state index contributed by atoms with van der Waals surface area (Å²) in [5.74, 6) is 1.59. The topological polar surface area (TPSA) is 72.0 Å². The lowest BCUT2D eigenvalue weighted by atomic mass is 9.92. The fourth-order valence-electron chi connectivity index (χ4n) is 4.61. The second-order valence-corrected chi connectivity index (χ2v) is 9.99. The molecule has 0 bridgehead atoms. The first-order valence-electron chi connectivity index (χ1n) is 10.3. The molecular weight excluding hydrogens is 402 g/mol. The first kappa shape index (κ1) is 20.9. The number of rotatable bonds is 5. The van der Waals surface area contributed by atoms with Gasteiger partial charge < -0.3 is 14.4 Å². The number of nitrogens with zero attached hydrogens (tertiary/aromatic N) is 3. The van der Waals surface area contributed by atoms with Crippen LogP contribution in [0.2, 0.25) is 0 Å². The molecule has 162 valence electrons. The second kappa shape index (κ2) is 8.43. The summed E-state index contributed by atoms with van der Waals surface area (Å²) < 4.78 is 39.0. The van der Waals surface area contributed by atoms with Gasteiger partial charge in [0.15, 0.2) is 0 Å². The summed E-state index contributed by atoms with van der Waals surface area (Å²) in [5.41, 5.74) is 2.22. The molecule has 2 aliphatic rings. The van der Waals surface area contributed by atoms with Gasteiger partial charge in [-0.1, -0.05) is 0 Å². The SMILES string of the molecule is COc1ccc(OC)c(S(=O)(=O)N2C[C@H]3CCN(c4ccnc(C)c4)CC[C@H]3C2)c1. The third-order valence-electron chi connectivity index (χ3n) is 6.32. The molecule has 3 heterocycles. The number of ether oxygens (including phenoxy) is 2. The van der Waals surface area contributed by atoms with Crippen LogP contribution in [0, 0.1) is 18.8 Å². The van der Waals surface area contributed by atoms with E-state index in [2.05, 4.69) is 22.0 Å². The van der Waals surface area contributed by atoms with Crippen molar-refractivity contribution in [2.45, 2.75) is 24.7 Å². The van der Waals surface area contributed by atoms with Crippen molar-refractivity contribution >= 4 is 15.7 Å². The molecule has 0 unspecified atom stereocenters. The lowest BCUT2D eigenvalue weighted by Gasteiger charge is -2.24. The average molecular weight is 432 g/mol. The zero-order valence-corrected chi connectivity index (χ0v) is 18.6. The molecule has 2 aromatic rings. The Kier molecular flexibility index (Phi) is 5.88. The maximum atomic E-state index is 13.4. The molecule has 2 fully saturated rings. The number of fused-ring (bicyclic) bond motifs is 1. The van der Waals surface area contributed by atoms with Crippen LogP contribution in [0.1, 0.15) is 18.5 Å². The van der Waals surface area contributed by atoms with E-state index in [1.54, 1.807) is 22.5 Å². The van der Waals surface area contributed by atoms with Gasteiger partial charge in [-0.05, 0) is 55.9 Å². The van der Waals surface area contributed by atoms with Crippen LogP contribution in [0.4, 0.5) is 5.69 Å². The highest BCUT2D eigenvalue weighted by atomic mass is 32.2. The molecular formula is C22H29N3O4S. The number of hydrogen-bond acceptors (Lipinski definition) is 6. The van der Waals surface area contributed by atoms with E-state index in [1.807, 2.05) is 13.1 Å². The Balaban J connectivity index is 1.50. The predicted octanol–water partition coefficient (Wildman–Crippen LogP) is 2.94.